The van der Waals surface area contributed by atoms with E-state index in [1.54, 1.807) is 6.07 Å². The third-order valence-corrected chi connectivity index (χ3v) is 4.91. The Morgan fingerprint density at radius 2 is 2.05 bits per heavy atom. The van der Waals surface area contributed by atoms with Crippen LogP contribution in [0.1, 0.15) is 17.5 Å². The zero-order valence-electron chi connectivity index (χ0n) is 10.8. The Balaban J connectivity index is 1.98. The van der Waals surface area contributed by atoms with Crippen molar-refractivity contribution in [3.8, 4) is 0 Å². The first-order valence-electron chi connectivity index (χ1n) is 6.22. The number of sulfone groups is 1. The minimum absolute atomic E-state index is 0.241. The molecule has 0 unspecified atom stereocenters. The molecule has 6 heteroatoms. The second kappa shape index (κ2) is 6.00. The molecule has 2 rings (SSSR count). The Hall–Kier alpha value is -0.290. The van der Waals surface area contributed by atoms with Crippen LogP contribution >= 0.6 is 23.2 Å². The minimum atomic E-state index is -2.87. The molecule has 0 aliphatic carbocycles. The molecular formula is C13H17Cl2NO2S. The molecule has 1 aliphatic heterocycles. The molecule has 1 aliphatic rings. The highest BCUT2D eigenvalue weighted by atomic mass is 35.5. The van der Waals surface area contributed by atoms with E-state index in [0.717, 1.165) is 31.6 Å². The first-order chi connectivity index (χ1) is 8.85. The van der Waals surface area contributed by atoms with Crippen molar-refractivity contribution in [2.45, 2.75) is 19.4 Å². The van der Waals surface area contributed by atoms with E-state index in [2.05, 4.69) is 4.90 Å². The van der Waals surface area contributed by atoms with Gasteiger partial charge in [-0.2, -0.15) is 0 Å². The molecule has 3 nitrogen and oxygen atoms in total. The third-order valence-electron chi connectivity index (χ3n) is 3.32. The van der Waals surface area contributed by atoms with E-state index in [9.17, 15) is 8.42 Å². The third kappa shape index (κ3) is 4.35. The quantitative estimate of drug-likeness (QED) is 0.855. The number of fused-ring (bicyclic) bond motifs is 1. The summed E-state index contributed by atoms with van der Waals surface area (Å²) in [5, 5.41) is 1.38. The Kier molecular flexibility index (Phi) is 4.77. The highest BCUT2D eigenvalue weighted by Gasteiger charge is 2.19. The first-order valence-corrected chi connectivity index (χ1v) is 9.04. The van der Waals surface area contributed by atoms with E-state index in [4.69, 9.17) is 23.2 Å². The number of rotatable bonds is 4. The van der Waals surface area contributed by atoms with Gasteiger partial charge in [0.25, 0.3) is 0 Å². The van der Waals surface area contributed by atoms with Crippen molar-refractivity contribution in [2.75, 3.05) is 25.1 Å². The van der Waals surface area contributed by atoms with Gasteiger partial charge in [-0.1, -0.05) is 23.2 Å². The predicted octanol–water partition coefficient (Wildman–Crippen LogP) is 2.79. The lowest BCUT2D eigenvalue weighted by molar-refractivity contribution is 0.255. The molecule has 0 saturated carbocycles. The van der Waals surface area contributed by atoms with Gasteiger partial charge < -0.3 is 0 Å². The predicted molar refractivity (Wildman–Crippen MR) is 79.8 cm³/mol. The molecule has 0 aromatic heterocycles. The molecule has 0 amide bonds. The van der Waals surface area contributed by atoms with Crippen LogP contribution in [-0.2, 0) is 22.8 Å². The van der Waals surface area contributed by atoms with Crippen LogP contribution in [0.3, 0.4) is 0 Å². The summed E-state index contributed by atoms with van der Waals surface area (Å²) < 4.78 is 22.2. The zero-order valence-corrected chi connectivity index (χ0v) is 13.2. The van der Waals surface area contributed by atoms with Gasteiger partial charge in [0, 0.05) is 29.4 Å². The number of nitrogens with zero attached hydrogens (tertiary/aromatic N) is 1. The number of benzene rings is 1. The average molecular weight is 322 g/mol. The highest BCUT2D eigenvalue weighted by Crippen LogP contribution is 2.29. The Labute approximate surface area is 124 Å². The fourth-order valence-electron chi connectivity index (χ4n) is 2.38. The maximum atomic E-state index is 11.1. The average Bonchev–Trinajstić information content (AvgIpc) is 2.28. The summed E-state index contributed by atoms with van der Waals surface area (Å²) in [5.74, 6) is 0.241. The molecule has 0 bridgehead atoms. The summed E-state index contributed by atoms with van der Waals surface area (Å²) in [6.45, 7) is 2.48. The molecule has 1 aromatic rings. The van der Waals surface area contributed by atoms with E-state index in [0.29, 0.717) is 16.5 Å². The van der Waals surface area contributed by atoms with Gasteiger partial charge >= 0.3 is 0 Å². The number of hydrogen-bond donors (Lipinski definition) is 0. The van der Waals surface area contributed by atoms with Gasteiger partial charge in [0.2, 0.25) is 0 Å². The molecular weight excluding hydrogens is 305 g/mol. The molecule has 0 radical (unpaired) electrons. The van der Waals surface area contributed by atoms with Crippen molar-refractivity contribution in [2.24, 2.45) is 0 Å². The van der Waals surface area contributed by atoms with E-state index in [-0.39, 0.29) is 5.75 Å². The molecule has 1 aromatic carbocycles. The molecule has 0 saturated heterocycles. The van der Waals surface area contributed by atoms with Crippen molar-refractivity contribution in [3.63, 3.8) is 0 Å². The second-order valence-corrected chi connectivity index (χ2v) is 8.14. The summed E-state index contributed by atoms with van der Waals surface area (Å²) in [6, 6.07) is 3.73. The topological polar surface area (TPSA) is 37.4 Å². The first kappa shape index (κ1) is 15.1. The molecule has 106 valence electrons. The zero-order chi connectivity index (χ0) is 14.0. The summed E-state index contributed by atoms with van der Waals surface area (Å²) in [7, 11) is -2.87. The molecule has 19 heavy (non-hydrogen) atoms. The van der Waals surface area contributed by atoms with Crippen LogP contribution in [0, 0.1) is 0 Å². The van der Waals surface area contributed by atoms with Crippen molar-refractivity contribution in [1.82, 2.24) is 4.90 Å². The van der Waals surface area contributed by atoms with Crippen molar-refractivity contribution < 1.29 is 8.42 Å². The summed E-state index contributed by atoms with van der Waals surface area (Å²) in [5.41, 5.74) is 2.33. The molecule has 0 atom stereocenters. The summed E-state index contributed by atoms with van der Waals surface area (Å²) >= 11 is 12.2. The van der Waals surface area contributed by atoms with Crippen molar-refractivity contribution >= 4 is 33.0 Å². The monoisotopic (exact) mass is 321 g/mol. The number of halogens is 2. The van der Waals surface area contributed by atoms with Gasteiger partial charge in [0.15, 0.2) is 0 Å². The van der Waals surface area contributed by atoms with Crippen LogP contribution < -0.4 is 0 Å². The lowest BCUT2D eigenvalue weighted by atomic mass is 9.99. The minimum Gasteiger partial charge on any atom is -0.299 e. The maximum absolute atomic E-state index is 11.1. The summed E-state index contributed by atoms with van der Waals surface area (Å²) in [6.07, 6.45) is 2.85. The molecule has 1 heterocycles. The standard InChI is InChI=1S/C13H17Cl2NO2S/c1-19(17,18)6-2-4-16-5-3-10-7-11(14)8-13(15)12(10)9-16/h7-8H,2-6,9H2,1H3. The molecule has 0 N–H and O–H groups in total. The van der Waals surface area contributed by atoms with Crippen molar-refractivity contribution in [3.05, 3.63) is 33.3 Å². The number of hydrogen-bond acceptors (Lipinski definition) is 3. The van der Waals surface area contributed by atoms with Gasteiger partial charge in [-0.25, -0.2) is 8.42 Å². The van der Waals surface area contributed by atoms with Crippen molar-refractivity contribution in [1.29, 1.82) is 0 Å². The van der Waals surface area contributed by atoms with Crippen LogP contribution in [0.5, 0.6) is 0 Å². The summed E-state index contributed by atoms with van der Waals surface area (Å²) in [4.78, 5) is 2.24. The lowest BCUT2D eigenvalue weighted by Gasteiger charge is -2.29. The van der Waals surface area contributed by atoms with Gasteiger partial charge in [-0.15, -0.1) is 0 Å². The Bertz CT molecular complexity index is 572. The van der Waals surface area contributed by atoms with Gasteiger partial charge in [0.05, 0.1) is 5.75 Å². The molecule has 0 spiro atoms. The lowest BCUT2D eigenvalue weighted by Crippen LogP contribution is -2.32. The van der Waals surface area contributed by atoms with Crippen LogP contribution in [0.25, 0.3) is 0 Å². The normalized spacial score (nSPS) is 16.4. The maximum Gasteiger partial charge on any atom is 0.147 e. The fourth-order valence-corrected chi connectivity index (χ4v) is 3.63. The highest BCUT2D eigenvalue weighted by molar-refractivity contribution is 7.90. The van der Waals surface area contributed by atoms with Crippen LogP contribution in [0.15, 0.2) is 12.1 Å². The fraction of sp³-hybridized carbons (Fsp3) is 0.538. The van der Waals surface area contributed by atoms with Gasteiger partial charge in [-0.3, -0.25) is 4.90 Å². The molecule has 0 fully saturated rings. The van der Waals surface area contributed by atoms with E-state index < -0.39 is 9.84 Å². The van der Waals surface area contributed by atoms with E-state index >= 15 is 0 Å². The van der Waals surface area contributed by atoms with Crippen LogP contribution in [0.4, 0.5) is 0 Å². The Morgan fingerprint density at radius 1 is 1.32 bits per heavy atom. The van der Waals surface area contributed by atoms with E-state index in [1.807, 2.05) is 6.07 Å². The largest absolute Gasteiger partial charge is 0.299 e. The van der Waals surface area contributed by atoms with Gasteiger partial charge in [-0.05, 0) is 42.6 Å². The SMILES string of the molecule is CS(=O)(=O)CCCN1CCc2cc(Cl)cc(Cl)c2C1. The van der Waals surface area contributed by atoms with E-state index in [1.165, 1.54) is 11.8 Å². The second-order valence-electron chi connectivity index (χ2n) is 5.03. The van der Waals surface area contributed by atoms with Crippen LogP contribution in [-0.4, -0.2) is 38.4 Å². The van der Waals surface area contributed by atoms with Gasteiger partial charge in [0.1, 0.15) is 9.84 Å². The smallest absolute Gasteiger partial charge is 0.147 e. The van der Waals surface area contributed by atoms with Crippen LogP contribution in [0.2, 0.25) is 10.0 Å². The Morgan fingerprint density at radius 3 is 2.74 bits per heavy atom.